The Morgan fingerprint density at radius 2 is 1.67 bits per heavy atom. The van der Waals surface area contributed by atoms with Gasteiger partial charge in [-0.3, -0.25) is 0 Å². The van der Waals surface area contributed by atoms with E-state index in [1.54, 1.807) is 0 Å². The van der Waals surface area contributed by atoms with Gasteiger partial charge in [-0.1, -0.05) is 42.5 Å². The Bertz CT molecular complexity index is 739. The van der Waals surface area contributed by atoms with Crippen LogP contribution in [0, 0.1) is 0 Å². The predicted octanol–water partition coefficient (Wildman–Crippen LogP) is 4.75. The van der Waals surface area contributed by atoms with Crippen molar-refractivity contribution in [2.75, 3.05) is 29.5 Å². The van der Waals surface area contributed by atoms with E-state index in [4.69, 9.17) is 0 Å². The summed E-state index contributed by atoms with van der Waals surface area (Å²) in [6, 6.07) is 18.1. The lowest BCUT2D eigenvalue weighted by atomic mass is 10.0. The summed E-state index contributed by atoms with van der Waals surface area (Å²) in [4.78, 5) is 2.63. The van der Waals surface area contributed by atoms with Crippen LogP contribution in [-0.2, 0) is 0 Å². The van der Waals surface area contributed by atoms with Gasteiger partial charge in [0.25, 0.3) is 0 Å². The molecule has 0 saturated heterocycles. The van der Waals surface area contributed by atoms with Crippen molar-refractivity contribution in [2.45, 2.75) is 6.04 Å². The first-order valence-electron chi connectivity index (χ1n) is 7.37. The summed E-state index contributed by atoms with van der Waals surface area (Å²) in [6.45, 7) is 0. The molecular weight excluding hydrogens is 274 g/mol. The average Bonchev–Trinajstić information content (AvgIpc) is 2.95. The average molecular weight is 295 g/mol. The van der Waals surface area contributed by atoms with Crippen molar-refractivity contribution in [3.63, 3.8) is 0 Å². The summed E-state index contributed by atoms with van der Waals surface area (Å²) in [6.07, 6.45) is 9.59. The Hall–Kier alpha value is -1.67. The molecule has 1 unspecified atom stereocenters. The number of fused-ring (bicyclic) bond motifs is 5. The predicted molar refractivity (Wildman–Crippen MR) is 96.2 cm³/mol. The zero-order chi connectivity index (χ0) is 14.6. The van der Waals surface area contributed by atoms with E-state index in [9.17, 15) is 0 Å². The zero-order valence-electron chi connectivity index (χ0n) is 12.8. The number of nitrogens with zero attached hydrogens (tertiary/aromatic N) is 1. The fourth-order valence-corrected chi connectivity index (χ4v) is 4.66. The van der Waals surface area contributed by atoms with Gasteiger partial charge in [0.15, 0.2) is 0 Å². The molecule has 2 aliphatic rings. The molecule has 0 aromatic heterocycles. The molecule has 1 aliphatic carbocycles. The summed E-state index contributed by atoms with van der Waals surface area (Å²) in [5.41, 5.74) is 7.16. The molecule has 0 fully saturated rings. The van der Waals surface area contributed by atoms with E-state index in [0.717, 1.165) is 5.88 Å². The number of hydrogen-bond acceptors (Lipinski definition) is 1. The van der Waals surface area contributed by atoms with Gasteiger partial charge in [-0.2, -0.15) is 0 Å². The van der Waals surface area contributed by atoms with E-state index in [0.29, 0.717) is 6.04 Å². The number of hydrogen-bond donors (Lipinski definition) is 0. The van der Waals surface area contributed by atoms with Crippen LogP contribution in [0.4, 0.5) is 5.69 Å². The molecule has 2 heteroatoms. The molecule has 1 atom stereocenters. The van der Waals surface area contributed by atoms with Gasteiger partial charge in [0, 0.05) is 17.1 Å². The summed E-state index contributed by atoms with van der Waals surface area (Å²) in [7, 11) is -0.593. The minimum Gasteiger partial charge on any atom is -0.352 e. The molecule has 0 N–H and O–H groups in total. The van der Waals surface area contributed by atoms with Gasteiger partial charge in [-0.05, 0) is 47.6 Å². The van der Waals surface area contributed by atoms with Crippen LogP contribution in [0.25, 0.3) is 11.6 Å². The van der Waals surface area contributed by atoms with E-state index in [2.05, 4.69) is 78.3 Å². The van der Waals surface area contributed by atoms with Crippen molar-refractivity contribution in [1.82, 2.24) is 0 Å². The van der Waals surface area contributed by atoms with Crippen LogP contribution >= 0.6 is 10.0 Å². The standard InChI is InChI=1S/C19H21NS/c1-21(2,3)13-20-18-11-7-6-10-16(18)17-12-14-8-4-5-9-15(14)19(17)20/h4-12,19H,13H2,1-3H3. The molecule has 21 heavy (non-hydrogen) atoms. The van der Waals surface area contributed by atoms with Gasteiger partial charge in [-0.15, -0.1) is 0 Å². The van der Waals surface area contributed by atoms with Gasteiger partial charge < -0.3 is 4.90 Å². The Morgan fingerprint density at radius 3 is 2.48 bits per heavy atom. The molecule has 2 aromatic rings. The van der Waals surface area contributed by atoms with E-state index < -0.39 is 10.0 Å². The van der Waals surface area contributed by atoms with Crippen molar-refractivity contribution < 1.29 is 0 Å². The van der Waals surface area contributed by atoms with Crippen LogP contribution in [0.5, 0.6) is 0 Å². The summed E-state index contributed by atoms with van der Waals surface area (Å²) in [5, 5.41) is 0. The number of para-hydroxylation sites is 1. The second kappa shape index (κ2) is 4.41. The van der Waals surface area contributed by atoms with Crippen molar-refractivity contribution in [3.8, 4) is 0 Å². The summed E-state index contributed by atoms with van der Waals surface area (Å²) >= 11 is 0. The second-order valence-electron chi connectivity index (χ2n) is 6.84. The highest BCUT2D eigenvalue weighted by Crippen LogP contribution is 2.55. The third-order valence-electron chi connectivity index (χ3n) is 4.26. The van der Waals surface area contributed by atoms with E-state index in [-0.39, 0.29) is 0 Å². The van der Waals surface area contributed by atoms with Gasteiger partial charge in [0.1, 0.15) is 0 Å². The topological polar surface area (TPSA) is 3.24 Å². The van der Waals surface area contributed by atoms with Crippen LogP contribution in [-0.4, -0.2) is 24.6 Å². The number of benzene rings is 2. The number of rotatable bonds is 2. The fourth-order valence-electron chi connectivity index (χ4n) is 3.53. The molecule has 0 saturated carbocycles. The van der Waals surface area contributed by atoms with Crippen LogP contribution in [0.3, 0.4) is 0 Å². The fraction of sp³-hybridized carbons (Fsp3) is 0.263. The maximum atomic E-state index is 2.63. The van der Waals surface area contributed by atoms with Crippen LogP contribution in [0.2, 0.25) is 0 Å². The maximum Gasteiger partial charge on any atom is 0.0816 e. The van der Waals surface area contributed by atoms with E-state index in [1.165, 1.54) is 28.0 Å². The van der Waals surface area contributed by atoms with Crippen LogP contribution in [0.15, 0.2) is 48.5 Å². The molecule has 1 nitrogen and oxygen atoms in total. The van der Waals surface area contributed by atoms with Gasteiger partial charge in [-0.25, -0.2) is 10.0 Å². The molecule has 108 valence electrons. The van der Waals surface area contributed by atoms with E-state index >= 15 is 0 Å². The smallest absolute Gasteiger partial charge is 0.0816 e. The molecule has 0 bridgehead atoms. The quantitative estimate of drug-likeness (QED) is 0.772. The lowest BCUT2D eigenvalue weighted by Gasteiger charge is -2.36. The van der Waals surface area contributed by atoms with Gasteiger partial charge in [0.2, 0.25) is 0 Å². The lowest BCUT2D eigenvalue weighted by Crippen LogP contribution is -2.27. The Kier molecular flexibility index (Phi) is 2.74. The van der Waals surface area contributed by atoms with Crippen molar-refractivity contribution in [3.05, 3.63) is 65.2 Å². The van der Waals surface area contributed by atoms with Crippen molar-refractivity contribution >= 4 is 27.4 Å². The van der Waals surface area contributed by atoms with Crippen molar-refractivity contribution in [1.29, 1.82) is 0 Å². The Labute approximate surface area is 128 Å². The van der Waals surface area contributed by atoms with Gasteiger partial charge in [0.05, 0.1) is 6.04 Å². The first kappa shape index (κ1) is 13.0. The van der Waals surface area contributed by atoms with Gasteiger partial charge >= 0.3 is 0 Å². The van der Waals surface area contributed by atoms with Crippen LogP contribution < -0.4 is 4.90 Å². The largest absolute Gasteiger partial charge is 0.352 e. The highest BCUT2D eigenvalue weighted by molar-refractivity contribution is 8.32. The summed E-state index contributed by atoms with van der Waals surface area (Å²) < 4.78 is 0. The molecule has 1 aliphatic heterocycles. The Balaban J connectivity index is 1.89. The summed E-state index contributed by atoms with van der Waals surface area (Å²) in [5.74, 6) is 1.15. The maximum absolute atomic E-state index is 2.63. The molecule has 2 aromatic carbocycles. The molecule has 1 heterocycles. The molecular formula is C19H21NS. The Morgan fingerprint density at radius 1 is 0.952 bits per heavy atom. The monoisotopic (exact) mass is 295 g/mol. The van der Waals surface area contributed by atoms with E-state index in [1.807, 2.05) is 0 Å². The minimum atomic E-state index is -0.593. The van der Waals surface area contributed by atoms with Crippen LogP contribution in [0.1, 0.15) is 22.7 Å². The first-order chi connectivity index (χ1) is 10.0. The highest BCUT2D eigenvalue weighted by Gasteiger charge is 2.39. The minimum absolute atomic E-state index is 0.422. The van der Waals surface area contributed by atoms with Crippen molar-refractivity contribution in [2.24, 2.45) is 0 Å². The number of anilines is 1. The zero-order valence-corrected chi connectivity index (χ0v) is 13.7. The highest BCUT2D eigenvalue weighted by atomic mass is 32.3. The lowest BCUT2D eigenvalue weighted by molar-refractivity contribution is 0.850. The normalized spacial score (nSPS) is 19.9. The third-order valence-corrected chi connectivity index (χ3v) is 5.31. The molecule has 0 radical (unpaired) electrons. The molecule has 0 spiro atoms. The SMILES string of the molecule is CS(C)(C)CN1c2ccccc2C2=Cc3ccccc3C21. The molecule has 0 amide bonds. The molecule has 4 rings (SSSR count). The first-order valence-corrected chi connectivity index (χ1v) is 10.4. The second-order valence-corrected chi connectivity index (χ2v) is 11.3. The third kappa shape index (κ3) is 2.01.